The molecule has 1 aliphatic rings. The van der Waals surface area contributed by atoms with E-state index in [2.05, 4.69) is 15.3 Å². The fraction of sp³-hybridized carbons (Fsp3) is 0.462. The third kappa shape index (κ3) is 2.38. The summed E-state index contributed by atoms with van der Waals surface area (Å²) in [5, 5.41) is 11.0. The lowest BCUT2D eigenvalue weighted by molar-refractivity contribution is 0.0706. The van der Waals surface area contributed by atoms with Crippen LogP contribution in [-0.4, -0.2) is 43.9 Å². The molecule has 1 aliphatic heterocycles. The molecule has 6 nitrogen and oxygen atoms in total. The number of amides is 1. The predicted molar refractivity (Wildman–Crippen MR) is 69.7 cm³/mol. The zero-order chi connectivity index (χ0) is 13.2. The average Bonchev–Trinajstić information content (AvgIpc) is 3.09. The Labute approximate surface area is 111 Å². The summed E-state index contributed by atoms with van der Waals surface area (Å²) < 4.78 is 1.66. The van der Waals surface area contributed by atoms with Gasteiger partial charge < -0.3 is 4.90 Å². The van der Waals surface area contributed by atoms with E-state index >= 15 is 0 Å². The van der Waals surface area contributed by atoms with E-state index in [9.17, 15) is 4.79 Å². The molecule has 1 saturated heterocycles. The van der Waals surface area contributed by atoms with Crippen molar-refractivity contribution in [3.05, 3.63) is 35.9 Å². The topological polar surface area (TPSA) is 66.8 Å². The highest BCUT2D eigenvalue weighted by Gasteiger charge is 2.26. The van der Waals surface area contributed by atoms with E-state index in [1.165, 1.54) is 0 Å². The van der Waals surface area contributed by atoms with Crippen LogP contribution in [0.15, 0.2) is 24.7 Å². The van der Waals surface area contributed by atoms with Crippen molar-refractivity contribution in [1.82, 2.24) is 24.9 Å². The molecule has 2 aromatic heterocycles. The van der Waals surface area contributed by atoms with Gasteiger partial charge in [0.25, 0.3) is 5.91 Å². The number of H-pyrrole nitrogens is 1. The number of piperidine rings is 1. The first kappa shape index (κ1) is 12.0. The van der Waals surface area contributed by atoms with Crippen LogP contribution in [0.4, 0.5) is 0 Å². The quantitative estimate of drug-likeness (QED) is 0.880. The molecule has 0 unspecified atom stereocenters. The van der Waals surface area contributed by atoms with Crippen LogP contribution in [0.1, 0.15) is 34.8 Å². The van der Waals surface area contributed by atoms with Crippen LogP contribution < -0.4 is 0 Å². The second-order valence-corrected chi connectivity index (χ2v) is 5.00. The third-order valence-corrected chi connectivity index (χ3v) is 3.62. The lowest BCUT2D eigenvalue weighted by Crippen LogP contribution is -2.39. The summed E-state index contributed by atoms with van der Waals surface area (Å²) in [7, 11) is 1.82. The zero-order valence-corrected chi connectivity index (χ0v) is 10.9. The summed E-state index contributed by atoms with van der Waals surface area (Å²) >= 11 is 0. The van der Waals surface area contributed by atoms with Crippen LogP contribution in [-0.2, 0) is 7.05 Å². The van der Waals surface area contributed by atoms with Gasteiger partial charge in [-0.3, -0.25) is 14.6 Å². The summed E-state index contributed by atoms with van der Waals surface area (Å²) in [6.45, 7) is 1.56. The second-order valence-electron chi connectivity index (χ2n) is 5.00. The number of carbonyl (C=O) groups is 1. The normalized spacial score (nSPS) is 19.6. The molecular formula is C13H17N5O. The number of likely N-dealkylation sites (tertiary alicyclic amines) is 1. The number of rotatable bonds is 2. The van der Waals surface area contributed by atoms with Gasteiger partial charge in [0.05, 0.1) is 11.8 Å². The van der Waals surface area contributed by atoms with Gasteiger partial charge >= 0.3 is 0 Å². The number of nitrogens with zero attached hydrogens (tertiary/aromatic N) is 4. The van der Waals surface area contributed by atoms with Crippen LogP contribution in [0.25, 0.3) is 0 Å². The minimum Gasteiger partial charge on any atom is -0.338 e. The monoisotopic (exact) mass is 259 g/mol. The number of hydrogen-bond acceptors (Lipinski definition) is 3. The van der Waals surface area contributed by atoms with E-state index in [4.69, 9.17) is 0 Å². The highest BCUT2D eigenvalue weighted by Crippen LogP contribution is 2.26. The standard InChI is InChI=1S/C13H17N5O/c1-17-8-11(7-15-17)13(19)18-6-2-3-10(9-18)12-4-5-14-16-12/h4-5,7-8,10H,2-3,6,9H2,1H3,(H,14,16)/t10-/m0/s1. The molecular weight excluding hydrogens is 242 g/mol. The molecule has 0 aromatic carbocycles. The summed E-state index contributed by atoms with van der Waals surface area (Å²) in [5.74, 6) is 0.425. The highest BCUT2D eigenvalue weighted by atomic mass is 16.2. The van der Waals surface area contributed by atoms with Crippen LogP contribution in [0.2, 0.25) is 0 Å². The molecule has 2 aromatic rings. The first-order chi connectivity index (χ1) is 9.24. The maximum absolute atomic E-state index is 12.4. The number of aryl methyl sites for hydroxylation is 1. The Balaban J connectivity index is 1.73. The van der Waals surface area contributed by atoms with Crippen molar-refractivity contribution >= 4 is 5.91 Å². The van der Waals surface area contributed by atoms with Gasteiger partial charge in [0, 0.05) is 44.1 Å². The molecule has 3 rings (SSSR count). The summed E-state index contributed by atoms with van der Waals surface area (Å²) in [4.78, 5) is 14.3. The maximum Gasteiger partial charge on any atom is 0.257 e. The van der Waals surface area contributed by atoms with E-state index in [1.807, 2.05) is 18.0 Å². The number of aromatic amines is 1. The van der Waals surface area contributed by atoms with Crippen LogP contribution in [0.3, 0.4) is 0 Å². The van der Waals surface area contributed by atoms with Gasteiger partial charge in [0.2, 0.25) is 0 Å². The first-order valence-corrected chi connectivity index (χ1v) is 6.51. The highest BCUT2D eigenvalue weighted by molar-refractivity contribution is 5.93. The van der Waals surface area contributed by atoms with Gasteiger partial charge in [0.15, 0.2) is 0 Å². The van der Waals surface area contributed by atoms with Crippen molar-refractivity contribution < 1.29 is 4.79 Å². The summed E-state index contributed by atoms with van der Waals surface area (Å²) in [6.07, 6.45) is 7.27. The van der Waals surface area contributed by atoms with E-state index in [-0.39, 0.29) is 5.91 Å². The predicted octanol–water partition coefficient (Wildman–Crippen LogP) is 1.16. The molecule has 0 aliphatic carbocycles. The van der Waals surface area contributed by atoms with Gasteiger partial charge in [-0.05, 0) is 18.9 Å². The lowest BCUT2D eigenvalue weighted by Gasteiger charge is -2.32. The third-order valence-electron chi connectivity index (χ3n) is 3.62. The second kappa shape index (κ2) is 4.87. The first-order valence-electron chi connectivity index (χ1n) is 6.51. The molecule has 1 N–H and O–H groups in total. The fourth-order valence-electron chi connectivity index (χ4n) is 2.62. The summed E-state index contributed by atoms with van der Waals surface area (Å²) in [5.41, 5.74) is 1.77. The van der Waals surface area contributed by atoms with Crippen molar-refractivity contribution in [2.75, 3.05) is 13.1 Å². The largest absolute Gasteiger partial charge is 0.338 e. The van der Waals surface area contributed by atoms with Crippen molar-refractivity contribution in [2.24, 2.45) is 7.05 Å². The Hall–Kier alpha value is -2.11. The Morgan fingerprint density at radius 2 is 2.42 bits per heavy atom. The smallest absolute Gasteiger partial charge is 0.257 e. The molecule has 0 bridgehead atoms. The van der Waals surface area contributed by atoms with Gasteiger partial charge in [-0.2, -0.15) is 10.2 Å². The van der Waals surface area contributed by atoms with E-state index in [0.29, 0.717) is 11.5 Å². The van der Waals surface area contributed by atoms with Crippen molar-refractivity contribution in [3.63, 3.8) is 0 Å². The number of aromatic nitrogens is 4. The average molecular weight is 259 g/mol. The van der Waals surface area contributed by atoms with Gasteiger partial charge in [-0.25, -0.2) is 0 Å². The van der Waals surface area contributed by atoms with Crippen LogP contribution >= 0.6 is 0 Å². The van der Waals surface area contributed by atoms with Crippen molar-refractivity contribution in [2.45, 2.75) is 18.8 Å². The molecule has 0 spiro atoms. The van der Waals surface area contributed by atoms with Crippen LogP contribution in [0.5, 0.6) is 0 Å². The van der Waals surface area contributed by atoms with Crippen molar-refractivity contribution in [1.29, 1.82) is 0 Å². The minimum absolute atomic E-state index is 0.0670. The maximum atomic E-state index is 12.4. The molecule has 3 heterocycles. The molecule has 1 fully saturated rings. The van der Waals surface area contributed by atoms with Crippen molar-refractivity contribution in [3.8, 4) is 0 Å². The number of carbonyl (C=O) groups excluding carboxylic acids is 1. The molecule has 100 valence electrons. The lowest BCUT2D eigenvalue weighted by atomic mass is 9.94. The van der Waals surface area contributed by atoms with Gasteiger partial charge in [-0.15, -0.1) is 0 Å². The molecule has 0 radical (unpaired) electrons. The van der Waals surface area contributed by atoms with E-state index in [1.54, 1.807) is 23.3 Å². The zero-order valence-electron chi connectivity index (χ0n) is 10.9. The Bertz CT molecular complexity index is 559. The Morgan fingerprint density at radius 3 is 3.11 bits per heavy atom. The van der Waals surface area contributed by atoms with Crippen LogP contribution in [0, 0.1) is 0 Å². The number of nitrogens with one attached hydrogen (secondary N) is 1. The van der Waals surface area contributed by atoms with E-state index in [0.717, 1.165) is 31.6 Å². The SMILES string of the molecule is Cn1cc(C(=O)N2CCC[C@H](c3ccn[nH]3)C2)cn1. The summed E-state index contributed by atoms with van der Waals surface area (Å²) in [6, 6.07) is 1.99. The molecule has 19 heavy (non-hydrogen) atoms. The molecule has 1 amide bonds. The number of hydrogen-bond donors (Lipinski definition) is 1. The molecule has 6 heteroatoms. The Kier molecular flexibility index (Phi) is 3.06. The Morgan fingerprint density at radius 1 is 1.53 bits per heavy atom. The molecule has 1 atom stereocenters. The fourth-order valence-corrected chi connectivity index (χ4v) is 2.62. The van der Waals surface area contributed by atoms with E-state index < -0.39 is 0 Å². The minimum atomic E-state index is 0.0670. The van der Waals surface area contributed by atoms with Gasteiger partial charge in [0.1, 0.15) is 0 Å². The molecule has 0 saturated carbocycles. The van der Waals surface area contributed by atoms with Gasteiger partial charge in [-0.1, -0.05) is 0 Å².